The number of carbonyl (C=O) groups excluding carboxylic acids is 1. The number of hydrogen-bond acceptors (Lipinski definition) is 5. The van der Waals surface area contributed by atoms with E-state index in [9.17, 15) is 4.79 Å². The Balaban J connectivity index is 2.58. The van der Waals surface area contributed by atoms with Gasteiger partial charge in [-0.3, -0.25) is 0 Å². The van der Waals surface area contributed by atoms with Gasteiger partial charge >= 0.3 is 5.97 Å². The number of nitrogen functional groups attached to an aromatic ring is 1. The fraction of sp³-hybridized carbons (Fsp3) is 0.333. The van der Waals surface area contributed by atoms with Crippen LogP contribution in [0.5, 0.6) is 0 Å². The summed E-state index contributed by atoms with van der Waals surface area (Å²) in [5, 5.41) is 5.01. The lowest BCUT2D eigenvalue weighted by atomic mass is 10.1. The Kier molecular flexibility index (Phi) is 4.57. The Morgan fingerprint density at radius 2 is 1.95 bits per heavy atom. The molecule has 2 N–H and O–H groups in total. The molecule has 2 rings (SSSR count). The van der Waals surface area contributed by atoms with Gasteiger partial charge in [0.05, 0.1) is 12.3 Å². The van der Waals surface area contributed by atoms with Crippen LogP contribution in [0.3, 0.4) is 0 Å². The van der Waals surface area contributed by atoms with E-state index in [-0.39, 0.29) is 0 Å². The summed E-state index contributed by atoms with van der Waals surface area (Å²) >= 11 is 1.37. The zero-order valence-corrected chi connectivity index (χ0v) is 13.5. The fourth-order valence-corrected chi connectivity index (χ4v) is 2.77. The van der Waals surface area contributed by atoms with Crippen molar-refractivity contribution in [3.8, 4) is 5.69 Å². The Morgan fingerprint density at radius 1 is 1.33 bits per heavy atom. The molecule has 0 aliphatic carbocycles. The van der Waals surface area contributed by atoms with Crippen LogP contribution in [0, 0.1) is 13.8 Å². The minimum absolute atomic E-state index is 0.306. The van der Waals surface area contributed by atoms with E-state index < -0.39 is 5.97 Å². The summed E-state index contributed by atoms with van der Waals surface area (Å²) < 4.78 is 6.66. The molecule has 0 aliphatic heterocycles. The molecule has 0 aliphatic rings. The molecule has 0 amide bonds. The Bertz CT molecular complexity index is 660. The molecule has 0 unspecified atom stereocenters. The molecule has 1 aromatic heterocycles. The zero-order chi connectivity index (χ0) is 15.6. The monoisotopic (exact) mass is 305 g/mol. The fourth-order valence-electron chi connectivity index (χ4n) is 2.22. The van der Waals surface area contributed by atoms with Crippen LogP contribution in [0.4, 0.5) is 5.82 Å². The Hall–Kier alpha value is -1.95. The second-order valence-electron chi connectivity index (χ2n) is 4.75. The predicted octanol–water partition coefficient (Wildman–Crippen LogP) is 2.97. The van der Waals surface area contributed by atoms with Gasteiger partial charge in [-0.15, -0.1) is 11.8 Å². The molecule has 5 nitrogen and oxygen atoms in total. The van der Waals surface area contributed by atoms with E-state index in [2.05, 4.69) is 11.2 Å². The maximum Gasteiger partial charge on any atom is 0.344 e. The SMILES string of the molecule is CCOC(=O)c1c(SC)nn(-c2cc(C)cc(C)c2)c1N. The third-order valence-electron chi connectivity index (χ3n) is 3.01. The first-order chi connectivity index (χ1) is 9.97. The number of aryl methyl sites for hydroxylation is 2. The standard InChI is InChI=1S/C15H19N3O2S/c1-5-20-15(19)12-13(16)18(17-14(12)21-4)11-7-9(2)6-10(3)8-11/h6-8H,5,16H2,1-4H3. The number of esters is 1. The smallest absolute Gasteiger partial charge is 0.344 e. The van der Waals surface area contributed by atoms with Gasteiger partial charge in [0.15, 0.2) is 0 Å². The number of nitrogens with zero attached hydrogens (tertiary/aromatic N) is 2. The summed E-state index contributed by atoms with van der Waals surface area (Å²) in [7, 11) is 0. The lowest BCUT2D eigenvalue weighted by Gasteiger charge is -2.07. The third kappa shape index (κ3) is 3.05. The van der Waals surface area contributed by atoms with Crippen LogP contribution in [-0.4, -0.2) is 28.6 Å². The highest BCUT2D eigenvalue weighted by Crippen LogP contribution is 2.28. The summed E-state index contributed by atoms with van der Waals surface area (Å²) in [6.07, 6.45) is 1.86. The number of anilines is 1. The number of nitrogens with two attached hydrogens (primary N) is 1. The average Bonchev–Trinajstić information content (AvgIpc) is 2.75. The van der Waals surface area contributed by atoms with Gasteiger partial charge in [-0.2, -0.15) is 5.10 Å². The van der Waals surface area contributed by atoms with Crippen molar-refractivity contribution < 1.29 is 9.53 Å². The van der Waals surface area contributed by atoms with Crippen LogP contribution >= 0.6 is 11.8 Å². The van der Waals surface area contributed by atoms with Gasteiger partial charge in [0.25, 0.3) is 0 Å². The average molecular weight is 305 g/mol. The van der Waals surface area contributed by atoms with Crippen LogP contribution in [0.2, 0.25) is 0 Å². The minimum Gasteiger partial charge on any atom is -0.462 e. The molecule has 0 radical (unpaired) electrons. The van der Waals surface area contributed by atoms with Gasteiger partial charge in [-0.1, -0.05) is 6.07 Å². The molecular formula is C15H19N3O2S. The zero-order valence-electron chi connectivity index (χ0n) is 12.6. The minimum atomic E-state index is -0.435. The van der Waals surface area contributed by atoms with E-state index in [0.29, 0.717) is 23.0 Å². The van der Waals surface area contributed by atoms with Gasteiger partial charge < -0.3 is 10.5 Å². The van der Waals surface area contributed by atoms with Gasteiger partial charge in [-0.25, -0.2) is 9.48 Å². The number of carbonyl (C=O) groups is 1. The molecule has 1 heterocycles. The van der Waals surface area contributed by atoms with Crippen molar-refractivity contribution in [2.24, 2.45) is 0 Å². The molecule has 0 saturated heterocycles. The lowest BCUT2D eigenvalue weighted by Crippen LogP contribution is -2.09. The maximum absolute atomic E-state index is 12.1. The number of ether oxygens (including phenoxy) is 1. The second-order valence-corrected chi connectivity index (χ2v) is 5.54. The van der Waals surface area contributed by atoms with Crippen molar-refractivity contribution in [1.82, 2.24) is 9.78 Å². The number of aromatic nitrogens is 2. The number of benzene rings is 1. The quantitative estimate of drug-likeness (QED) is 0.694. The molecule has 0 fully saturated rings. The number of hydrogen-bond donors (Lipinski definition) is 1. The lowest BCUT2D eigenvalue weighted by molar-refractivity contribution is 0.0523. The molecule has 6 heteroatoms. The van der Waals surface area contributed by atoms with Crippen LogP contribution in [0.1, 0.15) is 28.4 Å². The van der Waals surface area contributed by atoms with Crippen LogP contribution in [0.25, 0.3) is 5.69 Å². The van der Waals surface area contributed by atoms with Crippen molar-refractivity contribution in [2.45, 2.75) is 25.8 Å². The molecule has 1 aromatic carbocycles. The van der Waals surface area contributed by atoms with Crippen molar-refractivity contribution in [1.29, 1.82) is 0 Å². The summed E-state index contributed by atoms with van der Waals surface area (Å²) in [6.45, 7) is 6.10. The topological polar surface area (TPSA) is 70.1 Å². The highest BCUT2D eigenvalue weighted by molar-refractivity contribution is 7.98. The summed E-state index contributed by atoms with van der Waals surface area (Å²) in [4.78, 5) is 12.1. The van der Waals surface area contributed by atoms with Gasteiger partial charge in [0.2, 0.25) is 0 Å². The van der Waals surface area contributed by atoms with E-state index in [1.165, 1.54) is 11.8 Å². The number of thioether (sulfide) groups is 1. The first-order valence-electron chi connectivity index (χ1n) is 6.66. The predicted molar refractivity (Wildman–Crippen MR) is 85.2 cm³/mol. The summed E-state index contributed by atoms with van der Waals surface area (Å²) in [5.41, 5.74) is 9.54. The van der Waals surface area contributed by atoms with Crippen molar-refractivity contribution in [3.05, 3.63) is 34.9 Å². The Morgan fingerprint density at radius 3 is 2.48 bits per heavy atom. The van der Waals surface area contributed by atoms with Crippen LogP contribution in [-0.2, 0) is 4.74 Å². The van der Waals surface area contributed by atoms with Gasteiger partial charge in [0.1, 0.15) is 16.4 Å². The molecule has 112 valence electrons. The van der Waals surface area contributed by atoms with E-state index in [0.717, 1.165) is 16.8 Å². The maximum atomic E-state index is 12.1. The molecule has 0 bridgehead atoms. The first-order valence-corrected chi connectivity index (χ1v) is 7.88. The molecular weight excluding hydrogens is 286 g/mol. The second kappa shape index (κ2) is 6.22. The highest BCUT2D eigenvalue weighted by Gasteiger charge is 2.23. The summed E-state index contributed by atoms with van der Waals surface area (Å²) in [5.74, 6) is -0.127. The molecule has 0 spiro atoms. The van der Waals surface area contributed by atoms with E-state index in [1.807, 2.05) is 32.2 Å². The third-order valence-corrected chi connectivity index (χ3v) is 3.69. The van der Waals surface area contributed by atoms with Crippen molar-refractivity contribution in [3.63, 3.8) is 0 Å². The molecule has 0 atom stereocenters. The molecule has 0 saturated carbocycles. The normalized spacial score (nSPS) is 10.7. The van der Waals surface area contributed by atoms with E-state index >= 15 is 0 Å². The summed E-state index contributed by atoms with van der Waals surface area (Å²) in [6, 6.07) is 6.04. The largest absolute Gasteiger partial charge is 0.462 e. The van der Waals surface area contributed by atoms with Crippen LogP contribution in [0.15, 0.2) is 23.2 Å². The van der Waals surface area contributed by atoms with Crippen molar-refractivity contribution in [2.75, 3.05) is 18.6 Å². The van der Waals surface area contributed by atoms with E-state index in [1.54, 1.807) is 11.6 Å². The first kappa shape index (κ1) is 15.4. The molecule has 21 heavy (non-hydrogen) atoms. The van der Waals surface area contributed by atoms with Gasteiger partial charge in [-0.05, 0) is 50.3 Å². The molecule has 2 aromatic rings. The van der Waals surface area contributed by atoms with E-state index in [4.69, 9.17) is 10.5 Å². The van der Waals surface area contributed by atoms with Crippen molar-refractivity contribution >= 4 is 23.5 Å². The van der Waals surface area contributed by atoms with Crippen LogP contribution < -0.4 is 5.73 Å². The highest BCUT2D eigenvalue weighted by atomic mass is 32.2. The number of rotatable bonds is 4. The Labute approximate surface area is 128 Å². The van der Waals surface area contributed by atoms with Gasteiger partial charge in [0, 0.05) is 0 Å².